The molecular weight excluding hydrogens is 158 g/mol. The Morgan fingerprint density at radius 3 is 2.70 bits per heavy atom. The molecule has 0 unspecified atom stereocenters. The van der Waals surface area contributed by atoms with Crippen molar-refractivity contribution in [2.75, 3.05) is 6.54 Å². The summed E-state index contributed by atoms with van der Waals surface area (Å²) in [5.41, 5.74) is 5.19. The van der Waals surface area contributed by atoms with Crippen molar-refractivity contribution in [2.45, 2.75) is 0 Å². The van der Waals surface area contributed by atoms with E-state index in [9.17, 15) is 4.79 Å². The number of carbonyl (C=O) groups excluding carboxylic acids is 1. The molecule has 0 aromatic carbocycles. The second kappa shape index (κ2) is 3.91. The van der Waals surface area contributed by atoms with Crippen molar-refractivity contribution in [3.63, 3.8) is 0 Å². The van der Waals surface area contributed by atoms with Gasteiger partial charge in [0.1, 0.15) is 6.54 Å². The minimum absolute atomic E-state index is 0. The summed E-state index contributed by atoms with van der Waals surface area (Å²) in [5.74, 6) is 5.20. The third-order valence-electron chi connectivity index (χ3n) is 0.871. The molecule has 0 bridgehead atoms. The summed E-state index contributed by atoms with van der Waals surface area (Å²) in [6, 6.07) is 0. The van der Waals surface area contributed by atoms with E-state index in [1.54, 1.807) is 0 Å². The van der Waals surface area contributed by atoms with Crippen LogP contribution < -0.4 is 39.5 Å². The highest BCUT2D eigenvalue weighted by molar-refractivity contribution is 5.96. The zero-order chi connectivity index (χ0) is 6.69. The van der Waals surface area contributed by atoms with E-state index >= 15 is 0 Å². The van der Waals surface area contributed by atoms with Gasteiger partial charge in [0.25, 0.3) is 5.91 Å². The van der Waals surface area contributed by atoms with E-state index in [0.29, 0.717) is 5.96 Å². The van der Waals surface area contributed by atoms with Crippen LogP contribution in [-0.2, 0) is 4.79 Å². The number of hydrogen-bond donors (Lipinski definition) is 5. The second-order valence-corrected chi connectivity index (χ2v) is 1.55. The molecule has 6 N–H and O–H groups in total. The molecule has 0 aromatic heterocycles. The van der Waals surface area contributed by atoms with Crippen molar-refractivity contribution in [1.82, 2.24) is 16.2 Å². The highest BCUT2D eigenvalue weighted by Gasteiger charge is 2.17. The first-order chi connectivity index (χ1) is 4.33. The van der Waals surface area contributed by atoms with Gasteiger partial charge in [0.15, 0.2) is 0 Å². The average Bonchev–Trinajstić information content (AvgIpc) is 1.88. The number of nitrogens with two attached hydrogens (primary N) is 1. The Hall–Kier alpha value is -1.01. The molecule has 0 atom stereocenters. The van der Waals surface area contributed by atoms with Gasteiger partial charge in [-0.1, -0.05) is 0 Å². The molecule has 1 saturated heterocycles. The van der Waals surface area contributed by atoms with Crippen molar-refractivity contribution >= 4 is 11.9 Å². The van der Waals surface area contributed by atoms with Gasteiger partial charge in [-0.2, -0.15) is 10.5 Å². The minimum Gasteiger partial charge on any atom is -1.00 e. The Balaban J connectivity index is 0.000000810. The molecule has 0 radical (unpaired) electrons. The molecule has 10 heavy (non-hydrogen) atoms. The largest absolute Gasteiger partial charge is 1.00 e. The lowest BCUT2D eigenvalue weighted by Gasteiger charge is -2.08. The van der Waals surface area contributed by atoms with Crippen LogP contribution in [0.2, 0.25) is 0 Å². The van der Waals surface area contributed by atoms with Crippen molar-refractivity contribution in [1.29, 1.82) is 0 Å². The van der Waals surface area contributed by atoms with Crippen molar-refractivity contribution < 1.29 is 22.3 Å². The normalized spacial score (nSPS) is 20.8. The average molecular weight is 166 g/mol. The SMILES string of the molecule is N/[NH+]=C1/NNCC(=O)N1.[Cl-]. The number of hydrogen-bond acceptors (Lipinski definition) is 3. The Morgan fingerprint density at radius 1 is 1.60 bits per heavy atom. The number of nitrogens with one attached hydrogen (secondary N) is 4. The number of carbonyl (C=O) groups is 1. The number of amides is 1. The number of guanidine groups is 1. The highest BCUT2D eigenvalue weighted by Crippen LogP contribution is 1.64. The molecule has 0 aliphatic carbocycles. The summed E-state index contributed by atoms with van der Waals surface area (Å²) in [6.07, 6.45) is 0. The lowest BCUT2D eigenvalue weighted by Crippen LogP contribution is -3.00. The first-order valence-corrected chi connectivity index (χ1v) is 2.45. The fourth-order valence-corrected chi connectivity index (χ4v) is 0.500. The maximum absolute atomic E-state index is 10.5. The number of halogens is 1. The molecular formula is C3H8ClN5O. The third-order valence-corrected chi connectivity index (χ3v) is 0.871. The van der Waals surface area contributed by atoms with E-state index in [4.69, 9.17) is 5.84 Å². The molecule has 1 aliphatic rings. The number of rotatable bonds is 0. The quantitative estimate of drug-likeness (QED) is 0.182. The van der Waals surface area contributed by atoms with Gasteiger partial charge in [-0.05, 0) is 0 Å². The summed E-state index contributed by atoms with van der Waals surface area (Å²) in [6.45, 7) is 0.255. The van der Waals surface area contributed by atoms with E-state index in [1.165, 1.54) is 0 Å². The van der Waals surface area contributed by atoms with Crippen LogP contribution in [0.3, 0.4) is 0 Å². The predicted molar refractivity (Wildman–Crippen MR) is 29.4 cm³/mol. The van der Waals surface area contributed by atoms with Crippen LogP contribution >= 0.6 is 0 Å². The fourth-order valence-electron chi connectivity index (χ4n) is 0.500. The molecule has 6 nitrogen and oxygen atoms in total. The van der Waals surface area contributed by atoms with Crippen LogP contribution in [0.25, 0.3) is 0 Å². The zero-order valence-electron chi connectivity index (χ0n) is 5.07. The smallest absolute Gasteiger partial charge is 0.389 e. The van der Waals surface area contributed by atoms with Gasteiger partial charge >= 0.3 is 5.96 Å². The van der Waals surface area contributed by atoms with E-state index in [0.717, 1.165) is 0 Å². The van der Waals surface area contributed by atoms with Crippen LogP contribution in [0.15, 0.2) is 0 Å². The Morgan fingerprint density at radius 2 is 2.30 bits per heavy atom. The number of hydrazine groups is 2. The standard InChI is InChI=1S/C3H7N5O.ClH/c4-7-3-6-2(9)1-5-8-3;/h5H,1,4H2,(H2,6,7,8,9);1H. The summed E-state index contributed by atoms with van der Waals surface area (Å²) in [7, 11) is 0. The van der Waals surface area contributed by atoms with Gasteiger partial charge in [-0.3, -0.25) is 10.6 Å². The molecule has 1 fully saturated rings. The molecule has 0 saturated carbocycles. The van der Waals surface area contributed by atoms with Crippen LogP contribution in [0, 0.1) is 0 Å². The van der Waals surface area contributed by atoms with Crippen LogP contribution in [0.4, 0.5) is 0 Å². The van der Waals surface area contributed by atoms with Gasteiger partial charge in [-0.15, -0.1) is 0 Å². The Labute approximate surface area is 63.6 Å². The minimum atomic E-state index is -0.123. The van der Waals surface area contributed by atoms with Gasteiger partial charge in [-0.25, -0.2) is 10.7 Å². The van der Waals surface area contributed by atoms with E-state index in [1.807, 2.05) is 0 Å². The van der Waals surface area contributed by atoms with Crippen molar-refractivity contribution in [2.24, 2.45) is 5.84 Å². The molecule has 1 rings (SSSR count). The maximum atomic E-state index is 10.5. The van der Waals surface area contributed by atoms with Gasteiger partial charge in [0, 0.05) is 0 Å². The van der Waals surface area contributed by atoms with Gasteiger partial charge in [0.05, 0.1) is 0 Å². The summed E-state index contributed by atoms with van der Waals surface area (Å²) in [5, 5.41) is 4.68. The van der Waals surface area contributed by atoms with Crippen molar-refractivity contribution in [3.05, 3.63) is 0 Å². The summed E-state index contributed by atoms with van der Waals surface area (Å²) >= 11 is 0. The van der Waals surface area contributed by atoms with Crippen LogP contribution in [0.1, 0.15) is 0 Å². The van der Waals surface area contributed by atoms with Gasteiger partial charge < -0.3 is 12.4 Å². The molecule has 7 heteroatoms. The van der Waals surface area contributed by atoms with Crippen LogP contribution in [-0.4, -0.2) is 18.4 Å². The summed E-state index contributed by atoms with van der Waals surface area (Å²) in [4.78, 5) is 10.5. The lowest BCUT2D eigenvalue weighted by atomic mass is 10.6. The van der Waals surface area contributed by atoms with Gasteiger partial charge in [0.2, 0.25) is 0 Å². The molecule has 1 heterocycles. The van der Waals surface area contributed by atoms with E-state index < -0.39 is 0 Å². The molecule has 58 valence electrons. The van der Waals surface area contributed by atoms with E-state index in [2.05, 4.69) is 21.3 Å². The highest BCUT2D eigenvalue weighted by atomic mass is 35.5. The molecule has 0 aromatic rings. The Bertz CT molecular complexity index is 157. The summed E-state index contributed by atoms with van der Waals surface area (Å²) < 4.78 is 0. The van der Waals surface area contributed by atoms with Crippen molar-refractivity contribution in [3.8, 4) is 0 Å². The molecule has 1 aliphatic heterocycles. The monoisotopic (exact) mass is 165 g/mol. The molecule has 1 amide bonds. The number of hydrazone groups is 1. The fraction of sp³-hybridized carbons (Fsp3) is 0.333. The first kappa shape index (κ1) is 8.99. The maximum Gasteiger partial charge on any atom is 0.389 e. The second-order valence-electron chi connectivity index (χ2n) is 1.55. The van der Waals surface area contributed by atoms with E-state index in [-0.39, 0.29) is 24.9 Å². The first-order valence-electron chi connectivity index (χ1n) is 2.45. The predicted octanol–water partition coefficient (Wildman–Crippen LogP) is -7.48. The zero-order valence-corrected chi connectivity index (χ0v) is 5.83. The Kier molecular flexibility index (Phi) is 3.52. The lowest BCUT2D eigenvalue weighted by molar-refractivity contribution is -0.474. The topological polar surface area (TPSA) is 93.2 Å². The molecule has 0 spiro atoms. The third kappa shape index (κ3) is 2.08. The van der Waals surface area contributed by atoms with Crippen LogP contribution in [0.5, 0.6) is 0 Å².